The van der Waals surface area contributed by atoms with Gasteiger partial charge in [0.25, 0.3) is 5.89 Å². The van der Waals surface area contributed by atoms with Gasteiger partial charge < -0.3 is 15.0 Å². The highest BCUT2D eigenvalue weighted by Gasteiger charge is 2.23. The van der Waals surface area contributed by atoms with E-state index >= 15 is 0 Å². The van der Waals surface area contributed by atoms with Crippen LogP contribution in [0.3, 0.4) is 0 Å². The number of aromatic nitrogens is 2. The smallest absolute Gasteiger partial charge is 0.311 e. The van der Waals surface area contributed by atoms with Crippen molar-refractivity contribution in [3.63, 3.8) is 0 Å². The Labute approximate surface area is 114 Å². The van der Waals surface area contributed by atoms with Crippen molar-refractivity contribution in [3.05, 3.63) is 34.1 Å². The van der Waals surface area contributed by atoms with Crippen molar-refractivity contribution in [1.82, 2.24) is 10.1 Å². The van der Waals surface area contributed by atoms with Gasteiger partial charge in [0.15, 0.2) is 5.82 Å². The lowest BCUT2D eigenvalue weighted by Gasteiger charge is -2.05. The molecule has 2 N–H and O–H groups in total. The number of methoxy groups -OCH3 is 1. The van der Waals surface area contributed by atoms with Gasteiger partial charge in [0, 0.05) is 18.5 Å². The average Bonchev–Trinajstić information content (AvgIpc) is 2.95. The van der Waals surface area contributed by atoms with Crippen LogP contribution in [0.2, 0.25) is 0 Å². The van der Waals surface area contributed by atoms with E-state index in [1.54, 1.807) is 6.07 Å². The first-order valence-electron chi connectivity index (χ1n) is 5.94. The molecule has 0 aliphatic heterocycles. The standard InChI is InChI=1S/C12H14N4O4/c1-7(6-13)11-14-12(20-15-11)8-4-3-5-9(16(17)18)10(8)19-2/h3-5,7H,6,13H2,1-2H3. The number of para-hydroxylation sites is 1. The summed E-state index contributed by atoms with van der Waals surface area (Å²) in [6.07, 6.45) is 0. The predicted octanol–water partition coefficient (Wildman–Crippen LogP) is 1.72. The Morgan fingerprint density at radius 1 is 1.55 bits per heavy atom. The van der Waals surface area contributed by atoms with E-state index in [1.165, 1.54) is 19.2 Å². The van der Waals surface area contributed by atoms with Crippen LogP contribution in [0.5, 0.6) is 5.75 Å². The van der Waals surface area contributed by atoms with Gasteiger partial charge in [-0.2, -0.15) is 4.98 Å². The largest absolute Gasteiger partial charge is 0.490 e. The van der Waals surface area contributed by atoms with E-state index in [1.807, 2.05) is 6.92 Å². The van der Waals surface area contributed by atoms with Crippen molar-refractivity contribution in [2.24, 2.45) is 5.73 Å². The second-order valence-electron chi connectivity index (χ2n) is 4.21. The van der Waals surface area contributed by atoms with Crippen LogP contribution in [-0.2, 0) is 0 Å². The molecule has 0 aliphatic rings. The molecule has 1 unspecified atom stereocenters. The Balaban J connectivity index is 2.50. The molecule has 2 rings (SSSR count). The van der Waals surface area contributed by atoms with Crippen LogP contribution in [0.1, 0.15) is 18.7 Å². The summed E-state index contributed by atoms with van der Waals surface area (Å²) in [5.74, 6) is 0.655. The lowest BCUT2D eigenvalue weighted by molar-refractivity contribution is -0.385. The highest BCUT2D eigenvalue weighted by Crippen LogP contribution is 2.36. The second-order valence-corrected chi connectivity index (χ2v) is 4.21. The molecule has 1 aromatic heterocycles. The lowest BCUT2D eigenvalue weighted by Crippen LogP contribution is -2.10. The molecule has 0 saturated carbocycles. The van der Waals surface area contributed by atoms with Crippen LogP contribution < -0.4 is 10.5 Å². The van der Waals surface area contributed by atoms with Crippen molar-refractivity contribution in [2.75, 3.05) is 13.7 Å². The molecule has 1 aromatic carbocycles. The third-order valence-electron chi connectivity index (χ3n) is 2.86. The molecular formula is C12H14N4O4. The van der Waals surface area contributed by atoms with Gasteiger partial charge in [-0.25, -0.2) is 0 Å². The van der Waals surface area contributed by atoms with Gasteiger partial charge in [-0.15, -0.1) is 0 Å². The van der Waals surface area contributed by atoms with Gasteiger partial charge in [0.2, 0.25) is 5.75 Å². The van der Waals surface area contributed by atoms with Crippen LogP contribution in [0.25, 0.3) is 11.5 Å². The summed E-state index contributed by atoms with van der Waals surface area (Å²) in [4.78, 5) is 14.6. The predicted molar refractivity (Wildman–Crippen MR) is 70.4 cm³/mol. The molecule has 1 heterocycles. The van der Waals surface area contributed by atoms with E-state index in [0.717, 1.165) is 0 Å². The SMILES string of the molecule is COc1c(-c2nc(C(C)CN)no2)cccc1[N+](=O)[O-]. The maximum atomic E-state index is 11.0. The van der Waals surface area contributed by atoms with E-state index in [9.17, 15) is 10.1 Å². The number of rotatable bonds is 5. The number of benzene rings is 1. The molecule has 8 nitrogen and oxygen atoms in total. The van der Waals surface area contributed by atoms with Crippen LogP contribution in [-0.4, -0.2) is 28.7 Å². The zero-order valence-electron chi connectivity index (χ0n) is 11.1. The molecule has 0 fully saturated rings. The first-order chi connectivity index (χ1) is 9.58. The van der Waals surface area contributed by atoms with Gasteiger partial charge >= 0.3 is 5.69 Å². The summed E-state index contributed by atoms with van der Waals surface area (Å²) in [6.45, 7) is 2.24. The van der Waals surface area contributed by atoms with Crippen molar-refractivity contribution < 1.29 is 14.2 Å². The molecule has 2 aromatic rings. The first-order valence-corrected chi connectivity index (χ1v) is 5.94. The summed E-state index contributed by atoms with van der Waals surface area (Å²) >= 11 is 0. The molecular weight excluding hydrogens is 264 g/mol. The first kappa shape index (κ1) is 13.9. The molecule has 8 heteroatoms. The van der Waals surface area contributed by atoms with Crippen LogP contribution in [0.15, 0.2) is 22.7 Å². The van der Waals surface area contributed by atoms with Gasteiger partial charge in [0.1, 0.15) is 0 Å². The normalized spacial score (nSPS) is 12.2. The van der Waals surface area contributed by atoms with E-state index in [0.29, 0.717) is 17.9 Å². The Bertz CT molecular complexity index is 626. The van der Waals surface area contributed by atoms with E-state index in [-0.39, 0.29) is 23.2 Å². The zero-order chi connectivity index (χ0) is 14.7. The van der Waals surface area contributed by atoms with Crippen LogP contribution in [0, 0.1) is 10.1 Å². The molecule has 0 spiro atoms. The minimum atomic E-state index is -0.526. The van der Waals surface area contributed by atoms with Crippen molar-refractivity contribution in [3.8, 4) is 17.2 Å². The lowest BCUT2D eigenvalue weighted by atomic mass is 10.1. The van der Waals surface area contributed by atoms with Gasteiger partial charge in [-0.05, 0) is 6.07 Å². The summed E-state index contributed by atoms with van der Waals surface area (Å²) in [6, 6.07) is 4.50. The summed E-state index contributed by atoms with van der Waals surface area (Å²) < 4.78 is 10.2. The Morgan fingerprint density at radius 2 is 2.30 bits per heavy atom. The van der Waals surface area contributed by atoms with Gasteiger partial charge in [0.05, 0.1) is 17.6 Å². The quantitative estimate of drug-likeness (QED) is 0.653. The van der Waals surface area contributed by atoms with E-state index in [2.05, 4.69) is 10.1 Å². The fourth-order valence-corrected chi connectivity index (χ4v) is 1.70. The highest BCUT2D eigenvalue weighted by molar-refractivity contribution is 5.69. The maximum Gasteiger partial charge on any atom is 0.311 e. The van der Waals surface area contributed by atoms with Gasteiger partial charge in [-0.1, -0.05) is 18.1 Å². The number of nitro benzene ring substituents is 1. The Hall–Kier alpha value is -2.48. The molecule has 0 amide bonds. The maximum absolute atomic E-state index is 11.0. The number of ether oxygens (including phenoxy) is 1. The molecule has 106 valence electrons. The fraction of sp³-hybridized carbons (Fsp3) is 0.333. The monoisotopic (exact) mass is 278 g/mol. The zero-order valence-corrected chi connectivity index (χ0v) is 11.1. The fourth-order valence-electron chi connectivity index (χ4n) is 1.70. The minimum absolute atomic E-state index is 0.0582. The number of hydrogen-bond donors (Lipinski definition) is 1. The van der Waals surface area contributed by atoms with Crippen molar-refractivity contribution in [2.45, 2.75) is 12.8 Å². The van der Waals surface area contributed by atoms with Crippen LogP contribution >= 0.6 is 0 Å². The Kier molecular flexibility index (Phi) is 3.94. The molecule has 0 radical (unpaired) electrons. The summed E-state index contributed by atoms with van der Waals surface area (Å²) in [5, 5.41) is 14.8. The topological polar surface area (TPSA) is 117 Å². The molecule has 0 bridgehead atoms. The molecule has 1 atom stereocenters. The van der Waals surface area contributed by atoms with Crippen molar-refractivity contribution >= 4 is 5.69 Å². The number of nitrogens with zero attached hydrogens (tertiary/aromatic N) is 3. The molecule has 0 aliphatic carbocycles. The molecule has 20 heavy (non-hydrogen) atoms. The summed E-state index contributed by atoms with van der Waals surface area (Å²) in [7, 11) is 1.35. The van der Waals surface area contributed by atoms with E-state index in [4.69, 9.17) is 15.0 Å². The third kappa shape index (κ3) is 2.45. The second kappa shape index (κ2) is 5.66. The average molecular weight is 278 g/mol. The number of nitrogens with two attached hydrogens (primary N) is 1. The van der Waals surface area contributed by atoms with E-state index < -0.39 is 4.92 Å². The Morgan fingerprint density at radius 3 is 2.90 bits per heavy atom. The van der Waals surface area contributed by atoms with Crippen molar-refractivity contribution in [1.29, 1.82) is 0 Å². The number of nitro groups is 1. The van der Waals surface area contributed by atoms with Gasteiger partial charge in [-0.3, -0.25) is 10.1 Å². The highest BCUT2D eigenvalue weighted by atomic mass is 16.6. The minimum Gasteiger partial charge on any atom is -0.490 e. The van der Waals surface area contributed by atoms with Crippen LogP contribution in [0.4, 0.5) is 5.69 Å². The number of hydrogen-bond acceptors (Lipinski definition) is 7. The third-order valence-corrected chi connectivity index (χ3v) is 2.86. The summed E-state index contributed by atoms with van der Waals surface area (Å²) in [5.41, 5.74) is 5.76. The molecule has 0 saturated heterocycles.